The van der Waals surface area contributed by atoms with Gasteiger partial charge in [0, 0.05) is 12.0 Å². The van der Waals surface area contributed by atoms with Gasteiger partial charge in [-0.3, -0.25) is 9.59 Å². The van der Waals surface area contributed by atoms with Crippen LogP contribution in [0.2, 0.25) is 0 Å². The second-order valence-corrected chi connectivity index (χ2v) is 6.55. The molecule has 0 aromatic heterocycles. The maximum Gasteiger partial charge on any atom is 0.323 e. The van der Waals surface area contributed by atoms with Gasteiger partial charge in [0.25, 0.3) is 0 Å². The van der Waals surface area contributed by atoms with Gasteiger partial charge in [-0.1, -0.05) is 20.3 Å². The number of rotatable bonds is 4. The van der Waals surface area contributed by atoms with Crippen molar-refractivity contribution in [2.24, 2.45) is 11.3 Å². The number of carbonyl (C=O) groups is 2. The minimum absolute atomic E-state index is 0.0358. The summed E-state index contributed by atoms with van der Waals surface area (Å²) in [6.07, 6.45) is 6.00. The second-order valence-electron chi connectivity index (χ2n) is 6.55. The molecular weight excluding hydrogens is 230 g/mol. The third kappa shape index (κ3) is 3.24. The summed E-state index contributed by atoms with van der Waals surface area (Å²) >= 11 is 0. The molecule has 0 aromatic rings. The van der Waals surface area contributed by atoms with E-state index in [2.05, 4.69) is 13.8 Å². The summed E-state index contributed by atoms with van der Waals surface area (Å²) in [5.41, 5.74) is 0.219. The Morgan fingerprint density at radius 3 is 2.44 bits per heavy atom. The van der Waals surface area contributed by atoms with E-state index in [1.165, 1.54) is 6.42 Å². The number of amides is 1. The molecule has 2 fully saturated rings. The SMILES string of the molecule is CC1(C)CCCC(C(=O)N(CC(=O)O)C2CC2)C1. The molecule has 2 saturated carbocycles. The lowest BCUT2D eigenvalue weighted by Crippen LogP contribution is -2.43. The first-order valence-electron chi connectivity index (χ1n) is 6.91. The van der Waals surface area contributed by atoms with Crippen molar-refractivity contribution in [1.29, 1.82) is 0 Å². The van der Waals surface area contributed by atoms with E-state index in [4.69, 9.17) is 5.11 Å². The van der Waals surface area contributed by atoms with Crippen LogP contribution in [0.4, 0.5) is 0 Å². The Labute approximate surface area is 108 Å². The van der Waals surface area contributed by atoms with Gasteiger partial charge in [-0.25, -0.2) is 0 Å². The monoisotopic (exact) mass is 253 g/mol. The summed E-state index contributed by atoms with van der Waals surface area (Å²) < 4.78 is 0. The van der Waals surface area contributed by atoms with Crippen LogP contribution in [0, 0.1) is 11.3 Å². The molecule has 0 radical (unpaired) electrons. The highest BCUT2D eigenvalue weighted by Gasteiger charge is 2.39. The molecule has 1 unspecified atom stereocenters. The number of hydrogen-bond acceptors (Lipinski definition) is 2. The number of carboxylic acids is 1. The van der Waals surface area contributed by atoms with Crippen LogP contribution < -0.4 is 0 Å². The number of carbonyl (C=O) groups excluding carboxylic acids is 1. The minimum atomic E-state index is -0.898. The summed E-state index contributed by atoms with van der Waals surface area (Å²) in [6, 6.07) is 0.193. The fraction of sp³-hybridized carbons (Fsp3) is 0.857. The van der Waals surface area contributed by atoms with Crippen molar-refractivity contribution in [3.63, 3.8) is 0 Å². The molecule has 0 bridgehead atoms. The lowest BCUT2D eigenvalue weighted by atomic mass is 9.72. The smallest absolute Gasteiger partial charge is 0.323 e. The normalized spacial score (nSPS) is 26.7. The third-order valence-electron chi connectivity index (χ3n) is 4.13. The molecule has 2 aliphatic rings. The lowest BCUT2D eigenvalue weighted by Gasteiger charge is -2.36. The molecule has 0 aromatic carbocycles. The average Bonchev–Trinajstić information content (AvgIpc) is 3.07. The maximum atomic E-state index is 12.5. The molecule has 18 heavy (non-hydrogen) atoms. The minimum Gasteiger partial charge on any atom is -0.480 e. The largest absolute Gasteiger partial charge is 0.480 e. The van der Waals surface area contributed by atoms with E-state index in [0.29, 0.717) is 0 Å². The van der Waals surface area contributed by atoms with Crippen molar-refractivity contribution >= 4 is 11.9 Å². The first-order valence-corrected chi connectivity index (χ1v) is 6.91. The molecule has 2 aliphatic carbocycles. The predicted molar refractivity (Wildman–Crippen MR) is 68.1 cm³/mol. The summed E-state index contributed by atoms with van der Waals surface area (Å²) in [5.74, 6) is -0.785. The summed E-state index contributed by atoms with van der Waals surface area (Å²) in [7, 11) is 0. The van der Waals surface area contributed by atoms with Gasteiger partial charge < -0.3 is 10.0 Å². The highest BCUT2D eigenvalue weighted by molar-refractivity contribution is 5.83. The first kappa shape index (κ1) is 13.4. The fourth-order valence-electron chi connectivity index (χ4n) is 3.06. The van der Waals surface area contributed by atoms with Crippen molar-refractivity contribution in [1.82, 2.24) is 4.90 Å². The van der Waals surface area contributed by atoms with Gasteiger partial charge in [0.05, 0.1) is 0 Å². The van der Waals surface area contributed by atoms with Crippen molar-refractivity contribution < 1.29 is 14.7 Å². The number of aliphatic carboxylic acids is 1. The molecule has 0 saturated heterocycles. The predicted octanol–water partition coefficient (Wildman–Crippen LogP) is 2.28. The summed E-state index contributed by atoms with van der Waals surface area (Å²) in [6.45, 7) is 4.27. The molecule has 0 aliphatic heterocycles. The van der Waals surface area contributed by atoms with Crippen LogP contribution in [0.1, 0.15) is 52.4 Å². The quantitative estimate of drug-likeness (QED) is 0.836. The lowest BCUT2D eigenvalue weighted by molar-refractivity contribution is -0.148. The molecule has 1 atom stereocenters. The van der Waals surface area contributed by atoms with Crippen LogP contribution in [-0.2, 0) is 9.59 Å². The zero-order chi connectivity index (χ0) is 13.3. The Hall–Kier alpha value is -1.06. The number of nitrogens with zero attached hydrogens (tertiary/aromatic N) is 1. The van der Waals surface area contributed by atoms with Crippen LogP contribution in [0.25, 0.3) is 0 Å². The summed E-state index contributed by atoms with van der Waals surface area (Å²) in [4.78, 5) is 24.9. The van der Waals surface area contributed by atoms with Crippen molar-refractivity contribution in [3.8, 4) is 0 Å². The number of carboxylic acid groups (broad SMARTS) is 1. The van der Waals surface area contributed by atoms with E-state index >= 15 is 0 Å². The fourth-order valence-corrected chi connectivity index (χ4v) is 3.06. The van der Waals surface area contributed by atoms with E-state index in [0.717, 1.165) is 32.1 Å². The van der Waals surface area contributed by atoms with Gasteiger partial charge >= 0.3 is 5.97 Å². The van der Waals surface area contributed by atoms with E-state index < -0.39 is 5.97 Å². The standard InChI is InChI=1S/C14H23NO3/c1-14(2)7-3-4-10(8-14)13(18)15(9-12(16)17)11-5-6-11/h10-11H,3-9H2,1-2H3,(H,16,17). The van der Waals surface area contributed by atoms with Crippen LogP contribution >= 0.6 is 0 Å². The molecule has 2 rings (SSSR count). The van der Waals surface area contributed by atoms with Gasteiger partial charge in [-0.05, 0) is 37.5 Å². The molecule has 102 valence electrons. The molecule has 4 heteroatoms. The van der Waals surface area contributed by atoms with Crippen molar-refractivity contribution in [3.05, 3.63) is 0 Å². The second kappa shape index (κ2) is 4.90. The Balaban J connectivity index is 2.01. The van der Waals surface area contributed by atoms with E-state index in [1.807, 2.05) is 0 Å². The van der Waals surface area contributed by atoms with Gasteiger partial charge in [-0.2, -0.15) is 0 Å². The molecule has 1 amide bonds. The van der Waals surface area contributed by atoms with Gasteiger partial charge in [0.2, 0.25) is 5.91 Å². The Morgan fingerprint density at radius 1 is 1.28 bits per heavy atom. The molecular formula is C14H23NO3. The van der Waals surface area contributed by atoms with Crippen molar-refractivity contribution in [2.75, 3.05) is 6.54 Å². The van der Waals surface area contributed by atoms with Crippen molar-refractivity contribution in [2.45, 2.75) is 58.4 Å². The van der Waals surface area contributed by atoms with Gasteiger partial charge in [0.15, 0.2) is 0 Å². The molecule has 0 spiro atoms. The van der Waals surface area contributed by atoms with E-state index in [9.17, 15) is 9.59 Å². The van der Waals surface area contributed by atoms with E-state index in [-0.39, 0.29) is 29.8 Å². The average molecular weight is 253 g/mol. The van der Waals surface area contributed by atoms with Gasteiger partial charge in [0.1, 0.15) is 6.54 Å². The maximum absolute atomic E-state index is 12.5. The topological polar surface area (TPSA) is 57.6 Å². The molecule has 1 N–H and O–H groups in total. The Morgan fingerprint density at radius 2 is 1.94 bits per heavy atom. The zero-order valence-corrected chi connectivity index (χ0v) is 11.3. The molecule has 0 heterocycles. The highest BCUT2D eigenvalue weighted by Crippen LogP contribution is 2.40. The first-order chi connectivity index (χ1) is 8.39. The van der Waals surface area contributed by atoms with Crippen LogP contribution in [-0.4, -0.2) is 34.5 Å². The third-order valence-corrected chi connectivity index (χ3v) is 4.13. The molecule has 4 nitrogen and oxygen atoms in total. The number of hydrogen-bond donors (Lipinski definition) is 1. The Bertz CT molecular complexity index is 347. The highest BCUT2D eigenvalue weighted by atomic mass is 16.4. The Kier molecular flexibility index (Phi) is 3.64. The van der Waals surface area contributed by atoms with Crippen LogP contribution in [0.5, 0.6) is 0 Å². The van der Waals surface area contributed by atoms with Crippen LogP contribution in [0.3, 0.4) is 0 Å². The summed E-state index contributed by atoms with van der Waals surface area (Å²) in [5, 5.41) is 8.92. The van der Waals surface area contributed by atoms with E-state index in [1.54, 1.807) is 4.90 Å². The zero-order valence-electron chi connectivity index (χ0n) is 11.3. The van der Waals surface area contributed by atoms with Crippen LogP contribution in [0.15, 0.2) is 0 Å². The van der Waals surface area contributed by atoms with Gasteiger partial charge in [-0.15, -0.1) is 0 Å².